The van der Waals surface area contributed by atoms with Gasteiger partial charge in [0, 0.05) is 29.7 Å². The molecule has 2 aromatic rings. The topological polar surface area (TPSA) is 122 Å². The minimum absolute atomic E-state index is 0.0616. The van der Waals surface area contributed by atoms with Gasteiger partial charge < -0.3 is 0 Å². The van der Waals surface area contributed by atoms with Crippen molar-refractivity contribution in [1.29, 1.82) is 0 Å². The van der Waals surface area contributed by atoms with Crippen LogP contribution in [-0.4, -0.2) is 36.2 Å². The van der Waals surface area contributed by atoms with Crippen LogP contribution in [0.25, 0.3) is 0 Å². The predicted octanol–water partition coefficient (Wildman–Crippen LogP) is 3.69. The molecule has 0 bridgehead atoms. The summed E-state index contributed by atoms with van der Waals surface area (Å²) >= 11 is 0. The highest BCUT2D eigenvalue weighted by molar-refractivity contribution is 7.92. The summed E-state index contributed by atoms with van der Waals surface area (Å²) in [7, 11) is -3.45. The molecule has 0 aliphatic carbocycles. The summed E-state index contributed by atoms with van der Waals surface area (Å²) in [6.45, 7) is 5.35. The fraction of sp³-hybridized carbons (Fsp3) is 0.333. The highest BCUT2D eigenvalue weighted by Crippen LogP contribution is 2.37. The first-order valence-corrected chi connectivity index (χ1v) is 11.5. The lowest BCUT2D eigenvalue weighted by Gasteiger charge is -2.28. The number of nitrogens with zero attached hydrogens (tertiary/aromatic N) is 3. The molecule has 1 atom stereocenters. The number of amides is 1. The highest BCUT2D eigenvalue weighted by atomic mass is 32.2. The van der Waals surface area contributed by atoms with Crippen LogP contribution in [0.1, 0.15) is 44.4 Å². The fourth-order valence-electron chi connectivity index (χ4n) is 3.30. The molecule has 1 aliphatic rings. The van der Waals surface area contributed by atoms with Crippen LogP contribution in [0, 0.1) is 15.5 Å². The summed E-state index contributed by atoms with van der Waals surface area (Å²) in [5, 5.41) is 17.1. The van der Waals surface area contributed by atoms with Crippen LogP contribution in [0.3, 0.4) is 0 Å². The Balaban J connectivity index is 2.02. The summed E-state index contributed by atoms with van der Waals surface area (Å²) < 4.78 is 25.5. The average Bonchev–Trinajstić information content (AvgIpc) is 3.11. The molecule has 0 radical (unpaired) electrons. The average molecular weight is 445 g/mol. The predicted molar refractivity (Wildman–Crippen MR) is 118 cm³/mol. The third-order valence-electron chi connectivity index (χ3n) is 4.72. The van der Waals surface area contributed by atoms with Gasteiger partial charge in [0.15, 0.2) is 0 Å². The molecule has 9 nitrogen and oxygen atoms in total. The zero-order chi connectivity index (χ0) is 23.0. The van der Waals surface area contributed by atoms with Gasteiger partial charge in [-0.25, -0.2) is 13.4 Å². The number of hydrogen-bond acceptors (Lipinski definition) is 6. The van der Waals surface area contributed by atoms with Gasteiger partial charge in [0.1, 0.15) is 0 Å². The standard InChI is InChI=1S/C21H24N4O5S/c1-21(2,3)20(26)24-19(15-8-6-10-17(12-15)25(27)28)13-18(22-24)14-7-5-9-16(11-14)23-31(4,29)30/h5-12,19,23H,13H2,1-4H3/t19-/m1/s1. The molecular formula is C21H24N4O5S. The molecular weight excluding hydrogens is 420 g/mol. The Bertz CT molecular complexity index is 1170. The van der Waals surface area contributed by atoms with E-state index >= 15 is 0 Å². The first kappa shape index (κ1) is 22.4. The van der Waals surface area contributed by atoms with Crippen LogP contribution < -0.4 is 4.72 Å². The number of carbonyl (C=O) groups excluding carboxylic acids is 1. The third-order valence-corrected chi connectivity index (χ3v) is 5.33. The molecule has 2 aromatic carbocycles. The number of nitro groups is 1. The molecule has 31 heavy (non-hydrogen) atoms. The molecule has 0 aromatic heterocycles. The van der Waals surface area contributed by atoms with Gasteiger partial charge in [0.25, 0.3) is 5.69 Å². The molecule has 10 heteroatoms. The number of nitrogens with one attached hydrogen (secondary N) is 1. The van der Waals surface area contributed by atoms with E-state index in [1.165, 1.54) is 17.1 Å². The number of carbonyl (C=O) groups is 1. The van der Waals surface area contributed by atoms with Crippen LogP contribution in [0.4, 0.5) is 11.4 Å². The first-order chi connectivity index (χ1) is 14.3. The number of rotatable bonds is 5. The van der Waals surface area contributed by atoms with Gasteiger partial charge in [0.05, 0.1) is 22.9 Å². The minimum atomic E-state index is -3.45. The van der Waals surface area contributed by atoms with E-state index in [1.54, 1.807) is 57.2 Å². The maximum atomic E-state index is 13.1. The van der Waals surface area contributed by atoms with Crippen molar-refractivity contribution in [2.24, 2.45) is 10.5 Å². The molecule has 0 unspecified atom stereocenters. The molecule has 0 saturated heterocycles. The molecule has 164 valence electrons. The summed E-state index contributed by atoms with van der Waals surface area (Å²) in [5.74, 6) is -0.218. The van der Waals surface area contributed by atoms with Crippen LogP contribution in [0.15, 0.2) is 53.6 Å². The second-order valence-electron chi connectivity index (χ2n) is 8.47. The van der Waals surface area contributed by atoms with Gasteiger partial charge >= 0.3 is 0 Å². The van der Waals surface area contributed by atoms with Crippen LogP contribution in [0.5, 0.6) is 0 Å². The Morgan fingerprint density at radius 2 is 1.87 bits per heavy atom. The number of anilines is 1. The van der Waals surface area contributed by atoms with E-state index in [9.17, 15) is 23.3 Å². The van der Waals surface area contributed by atoms with E-state index < -0.39 is 26.4 Å². The zero-order valence-corrected chi connectivity index (χ0v) is 18.5. The van der Waals surface area contributed by atoms with Gasteiger partial charge in [0.2, 0.25) is 15.9 Å². The van der Waals surface area contributed by atoms with Crippen LogP contribution in [0.2, 0.25) is 0 Å². The Morgan fingerprint density at radius 1 is 1.19 bits per heavy atom. The summed E-state index contributed by atoms with van der Waals surface area (Å²) in [4.78, 5) is 23.8. The Labute approximate surface area is 181 Å². The van der Waals surface area contributed by atoms with Crippen molar-refractivity contribution in [2.75, 3.05) is 11.0 Å². The van der Waals surface area contributed by atoms with Crippen molar-refractivity contribution < 1.29 is 18.1 Å². The fourth-order valence-corrected chi connectivity index (χ4v) is 3.85. The normalized spacial score (nSPS) is 16.7. The third kappa shape index (κ3) is 5.26. The Kier molecular flexibility index (Phi) is 5.86. The van der Waals surface area contributed by atoms with Crippen molar-refractivity contribution in [1.82, 2.24) is 5.01 Å². The van der Waals surface area contributed by atoms with E-state index in [2.05, 4.69) is 9.82 Å². The van der Waals surface area contributed by atoms with Crippen molar-refractivity contribution in [2.45, 2.75) is 33.2 Å². The molecule has 0 saturated carbocycles. The van der Waals surface area contributed by atoms with E-state index in [-0.39, 0.29) is 11.6 Å². The Morgan fingerprint density at radius 3 is 2.48 bits per heavy atom. The first-order valence-electron chi connectivity index (χ1n) is 9.59. The van der Waals surface area contributed by atoms with Crippen LogP contribution in [-0.2, 0) is 14.8 Å². The molecule has 1 aliphatic heterocycles. The van der Waals surface area contributed by atoms with Crippen LogP contribution >= 0.6 is 0 Å². The minimum Gasteiger partial charge on any atom is -0.284 e. The number of benzene rings is 2. The van der Waals surface area contributed by atoms with Gasteiger partial charge in [-0.15, -0.1) is 0 Å². The maximum absolute atomic E-state index is 13.1. The van der Waals surface area contributed by atoms with Crippen molar-refractivity contribution in [3.63, 3.8) is 0 Å². The number of hydrogen-bond donors (Lipinski definition) is 1. The van der Waals surface area contributed by atoms with E-state index in [0.29, 0.717) is 28.9 Å². The van der Waals surface area contributed by atoms with Gasteiger partial charge in [-0.05, 0) is 23.3 Å². The molecule has 0 spiro atoms. The number of nitro benzene ring substituents is 1. The molecule has 1 N–H and O–H groups in total. The lowest BCUT2D eigenvalue weighted by Crippen LogP contribution is -2.36. The molecule has 3 rings (SSSR count). The lowest BCUT2D eigenvalue weighted by molar-refractivity contribution is -0.385. The second kappa shape index (κ2) is 8.10. The van der Waals surface area contributed by atoms with Crippen molar-refractivity contribution >= 4 is 33.0 Å². The second-order valence-corrected chi connectivity index (χ2v) is 10.2. The maximum Gasteiger partial charge on any atom is 0.269 e. The number of non-ortho nitro benzene ring substituents is 1. The largest absolute Gasteiger partial charge is 0.284 e. The summed E-state index contributed by atoms with van der Waals surface area (Å²) in [5.41, 5.74) is 1.47. The SMILES string of the molecule is CC(C)(C)C(=O)N1N=C(c2cccc(NS(C)(=O)=O)c2)C[C@@H]1c1cccc([N+](=O)[O-])c1. The molecule has 0 fully saturated rings. The van der Waals surface area contributed by atoms with E-state index in [0.717, 1.165) is 6.26 Å². The van der Waals surface area contributed by atoms with Crippen molar-refractivity contribution in [3.8, 4) is 0 Å². The number of sulfonamides is 1. The quantitative estimate of drug-likeness (QED) is 0.557. The highest BCUT2D eigenvalue weighted by Gasteiger charge is 2.38. The monoisotopic (exact) mass is 444 g/mol. The smallest absolute Gasteiger partial charge is 0.269 e. The van der Waals surface area contributed by atoms with Crippen molar-refractivity contribution in [3.05, 3.63) is 69.8 Å². The van der Waals surface area contributed by atoms with Gasteiger partial charge in [-0.1, -0.05) is 45.0 Å². The zero-order valence-electron chi connectivity index (χ0n) is 17.7. The molecule has 1 amide bonds. The summed E-state index contributed by atoms with van der Waals surface area (Å²) in [6.07, 6.45) is 1.40. The van der Waals surface area contributed by atoms with E-state index in [4.69, 9.17) is 0 Å². The Hall–Kier alpha value is -3.27. The van der Waals surface area contributed by atoms with E-state index in [1.807, 2.05) is 0 Å². The number of hydrazone groups is 1. The lowest BCUT2D eigenvalue weighted by atomic mass is 9.93. The molecule has 1 heterocycles. The van der Waals surface area contributed by atoms with Gasteiger partial charge in [-0.2, -0.15) is 5.10 Å². The summed E-state index contributed by atoms with van der Waals surface area (Å²) in [6, 6.07) is 12.4. The van der Waals surface area contributed by atoms with Gasteiger partial charge in [-0.3, -0.25) is 19.6 Å².